The molecule has 0 heterocycles. The molecule has 0 aliphatic carbocycles. The molecular weight excluding hydrogens is 367 g/mol. The van der Waals surface area contributed by atoms with Gasteiger partial charge in [-0.25, -0.2) is 4.39 Å². The maximum Gasteiger partial charge on any atom is 0.259 e. The largest absolute Gasteiger partial charge is 0.507 e. The maximum atomic E-state index is 13.3. The first-order valence-electron chi connectivity index (χ1n) is 9.02. The SMILES string of the molecule is O=C(Nc1ccccc1)c1cc2cccc(/C=N\c3cccc(F)c3)c2cc1O. The van der Waals surface area contributed by atoms with Crippen LogP contribution in [0.2, 0.25) is 0 Å². The molecule has 0 bridgehead atoms. The number of fused-ring (bicyclic) bond motifs is 1. The number of anilines is 1. The lowest BCUT2D eigenvalue weighted by Gasteiger charge is -2.10. The first-order chi connectivity index (χ1) is 14.1. The summed E-state index contributed by atoms with van der Waals surface area (Å²) in [7, 11) is 0. The van der Waals surface area contributed by atoms with E-state index >= 15 is 0 Å². The predicted octanol–water partition coefficient (Wildman–Crippen LogP) is 5.69. The van der Waals surface area contributed by atoms with Crippen molar-refractivity contribution in [3.8, 4) is 5.75 Å². The molecule has 0 fully saturated rings. The second kappa shape index (κ2) is 7.94. The van der Waals surface area contributed by atoms with Gasteiger partial charge in [0.2, 0.25) is 0 Å². The average Bonchev–Trinajstić information content (AvgIpc) is 2.72. The first-order valence-corrected chi connectivity index (χ1v) is 9.02. The number of nitrogens with zero attached hydrogens (tertiary/aromatic N) is 1. The van der Waals surface area contributed by atoms with Crippen LogP contribution in [0.15, 0.2) is 89.9 Å². The van der Waals surface area contributed by atoms with E-state index in [1.54, 1.807) is 42.6 Å². The van der Waals surface area contributed by atoms with Crippen molar-refractivity contribution in [2.24, 2.45) is 4.99 Å². The molecular formula is C24H17FN2O2. The van der Waals surface area contributed by atoms with Crippen LogP contribution in [0, 0.1) is 5.82 Å². The minimum atomic E-state index is -0.394. The Kier molecular flexibility index (Phi) is 5.03. The van der Waals surface area contributed by atoms with Crippen molar-refractivity contribution in [2.45, 2.75) is 0 Å². The van der Waals surface area contributed by atoms with E-state index < -0.39 is 5.91 Å². The molecule has 0 saturated heterocycles. The molecule has 4 aromatic rings. The number of carbonyl (C=O) groups excluding carboxylic acids is 1. The number of nitrogens with one attached hydrogen (secondary N) is 1. The summed E-state index contributed by atoms with van der Waals surface area (Å²) in [5, 5.41) is 14.7. The minimum Gasteiger partial charge on any atom is -0.507 e. The Morgan fingerprint density at radius 3 is 2.52 bits per heavy atom. The van der Waals surface area contributed by atoms with Gasteiger partial charge in [-0.2, -0.15) is 0 Å². The molecule has 1 amide bonds. The van der Waals surface area contributed by atoms with Crippen LogP contribution >= 0.6 is 0 Å². The lowest BCUT2D eigenvalue weighted by Crippen LogP contribution is -2.12. The van der Waals surface area contributed by atoms with E-state index in [-0.39, 0.29) is 17.1 Å². The Morgan fingerprint density at radius 2 is 1.72 bits per heavy atom. The van der Waals surface area contributed by atoms with Crippen LogP contribution in [0.25, 0.3) is 10.8 Å². The summed E-state index contributed by atoms with van der Waals surface area (Å²) < 4.78 is 13.3. The van der Waals surface area contributed by atoms with Crippen molar-refractivity contribution in [3.63, 3.8) is 0 Å². The van der Waals surface area contributed by atoms with Crippen LogP contribution in [0.4, 0.5) is 15.8 Å². The molecule has 0 radical (unpaired) electrons. The van der Waals surface area contributed by atoms with Gasteiger partial charge in [-0.3, -0.25) is 9.79 Å². The van der Waals surface area contributed by atoms with E-state index in [0.717, 1.165) is 16.3 Å². The topological polar surface area (TPSA) is 61.7 Å². The fourth-order valence-electron chi connectivity index (χ4n) is 3.05. The third-order valence-corrected chi connectivity index (χ3v) is 4.47. The Bertz CT molecular complexity index is 1220. The summed E-state index contributed by atoms with van der Waals surface area (Å²) in [6, 6.07) is 23.8. The number of hydrogen-bond acceptors (Lipinski definition) is 3. The number of phenols is 1. The summed E-state index contributed by atoms with van der Waals surface area (Å²) in [5.74, 6) is -0.878. The van der Waals surface area contributed by atoms with E-state index in [0.29, 0.717) is 11.4 Å². The highest BCUT2D eigenvalue weighted by Gasteiger charge is 2.14. The number of benzene rings is 4. The molecule has 4 aromatic carbocycles. The van der Waals surface area contributed by atoms with Crippen molar-refractivity contribution in [2.75, 3.05) is 5.32 Å². The summed E-state index contributed by atoms with van der Waals surface area (Å²) in [6.07, 6.45) is 1.61. The van der Waals surface area contributed by atoms with Gasteiger partial charge in [0, 0.05) is 17.5 Å². The standard InChI is InChI=1S/C24H17FN2O2/c25-18-8-5-11-20(13-18)26-15-17-7-4-6-16-12-22(23(28)14-21(16)17)24(29)27-19-9-2-1-3-10-19/h1-15,28H,(H,27,29)/b26-15-. The lowest BCUT2D eigenvalue weighted by molar-refractivity contribution is 0.102. The molecule has 0 spiro atoms. The van der Waals surface area contributed by atoms with Crippen LogP contribution in [-0.2, 0) is 0 Å². The molecule has 142 valence electrons. The Morgan fingerprint density at radius 1 is 0.931 bits per heavy atom. The number of aliphatic imine (C=N–C) groups is 1. The molecule has 0 aliphatic rings. The van der Waals surface area contributed by atoms with Gasteiger partial charge in [-0.1, -0.05) is 42.5 Å². The fraction of sp³-hybridized carbons (Fsp3) is 0. The van der Waals surface area contributed by atoms with Crippen molar-refractivity contribution in [3.05, 3.63) is 102 Å². The molecule has 5 heteroatoms. The van der Waals surface area contributed by atoms with Crippen LogP contribution < -0.4 is 5.32 Å². The highest BCUT2D eigenvalue weighted by atomic mass is 19.1. The zero-order valence-electron chi connectivity index (χ0n) is 15.3. The average molecular weight is 384 g/mol. The number of aromatic hydroxyl groups is 1. The summed E-state index contributed by atoms with van der Waals surface area (Å²) in [6.45, 7) is 0. The van der Waals surface area contributed by atoms with Crippen LogP contribution in [0.1, 0.15) is 15.9 Å². The van der Waals surface area contributed by atoms with Crippen molar-refractivity contribution in [1.82, 2.24) is 0 Å². The van der Waals surface area contributed by atoms with Gasteiger partial charge in [0.1, 0.15) is 11.6 Å². The minimum absolute atomic E-state index is 0.127. The number of rotatable bonds is 4. The number of phenolic OH excluding ortho intramolecular Hbond substituents is 1. The highest BCUT2D eigenvalue weighted by molar-refractivity contribution is 6.10. The molecule has 0 aromatic heterocycles. The van der Waals surface area contributed by atoms with Gasteiger partial charge in [-0.15, -0.1) is 0 Å². The predicted molar refractivity (Wildman–Crippen MR) is 114 cm³/mol. The van der Waals surface area contributed by atoms with Gasteiger partial charge in [-0.05, 0) is 53.2 Å². The van der Waals surface area contributed by atoms with Gasteiger partial charge in [0.25, 0.3) is 5.91 Å². The zero-order chi connectivity index (χ0) is 20.2. The van der Waals surface area contributed by atoms with E-state index in [4.69, 9.17) is 0 Å². The van der Waals surface area contributed by atoms with Gasteiger partial charge in [0.05, 0.1) is 11.3 Å². The molecule has 0 unspecified atom stereocenters. The van der Waals surface area contributed by atoms with E-state index in [1.807, 2.05) is 36.4 Å². The third-order valence-electron chi connectivity index (χ3n) is 4.47. The highest BCUT2D eigenvalue weighted by Crippen LogP contribution is 2.28. The Balaban J connectivity index is 1.67. The zero-order valence-corrected chi connectivity index (χ0v) is 15.3. The van der Waals surface area contributed by atoms with E-state index in [1.165, 1.54) is 12.1 Å². The van der Waals surface area contributed by atoms with Gasteiger partial charge in [0.15, 0.2) is 0 Å². The van der Waals surface area contributed by atoms with E-state index in [9.17, 15) is 14.3 Å². The fourth-order valence-corrected chi connectivity index (χ4v) is 3.05. The third kappa shape index (κ3) is 4.14. The maximum absolute atomic E-state index is 13.3. The Hall–Kier alpha value is -3.99. The number of carbonyl (C=O) groups is 1. The number of halogens is 1. The second-order valence-corrected chi connectivity index (χ2v) is 6.50. The second-order valence-electron chi connectivity index (χ2n) is 6.50. The van der Waals surface area contributed by atoms with Gasteiger partial charge >= 0.3 is 0 Å². The monoisotopic (exact) mass is 384 g/mol. The molecule has 0 saturated carbocycles. The quantitative estimate of drug-likeness (QED) is 0.444. The smallest absolute Gasteiger partial charge is 0.259 e. The van der Waals surface area contributed by atoms with Crippen molar-refractivity contribution < 1.29 is 14.3 Å². The molecule has 4 nitrogen and oxygen atoms in total. The first kappa shape index (κ1) is 18.4. The molecule has 4 rings (SSSR count). The van der Waals surface area contributed by atoms with Crippen molar-refractivity contribution >= 4 is 34.3 Å². The number of amides is 1. The van der Waals surface area contributed by atoms with E-state index in [2.05, 4.69) is 10.3 Å². The van der Waals surface area contributed by atoms with Gasteiger partial charge < -0.3 is 10.4 Å². The summed E-state index contributed by atoms with van der Waals surface area (Å²) in [5.41, 5.74) is 2.07. The normalized spacial score (nSPS) is 11.1. The summed E-state index contributed by atoms with van der Waals surface area (Å²) >= 11 is 0. The molecule has 0 atom stereocenters. The summed E-state index contributed by atoms with van der Waals surface area (Å²) in [4.78, 5) is 16.9. The molecule has 29 heavy (non-hydrogen) atoms. The number of para-hydroxylation sites is 1. The number of hydrogen-bond donors (Lipinski definition) is 2. The molecule has 2 N–H and O–H groups in total. The van der Waals surface area contributed by atoms with Crippen molar-refractivity contribution in [1.29, 1.82) is 0 Å². The molecule has 0 aliphatic heterocycles. The Labute approximate surface area is 167 Å². The van der Waals surface area contributed by atoms with Crippen LogP contribution in [0.3, 0.4) is 0 Å². The lowest BCUT2D eigenvalue weighted by atomic mass is 10.0. The van der Waals surface area contributed by atoms with Crippen LogP contribution in [-0.4, -0.2) is 17.2 Å². The van der Waals surface area contributed by atoms with Crippen LogP contribution in [0.5, 0.6) is 5.75 Å².